The number of aromatic carboxylic acids is 4. The summed E-state index contributed by atoms with van der Waals surface area (Å²) >= 11 is 0. The van der Waals surface area contributed by atoms with E-state index < -0.39 is 23.9 Å². The van der Waals surface area contributed by atoms with Crippen LogP contribution in [0.15, 0.2) is 97.1 Å². The van der Waals surface area contributed by atoms with Crippen LogP contribution in [0.1, 0.15) is 55.3 Å². The van der Waals surface area contributed by atoms with Crippen molar-refractivity contribution in [2.45, 2.75) is 13.8 Å². The van der Waals surface area contributed by atoms with E-state index in [1.165, 1.54) is 97.1 Å². The molecule has 383 valence electrons. The molecule has 3 radical (unpaired) electrons. The fourth-order valence-electron chi connectivity index (χ4n) is 4.40. The summed E-state index contributed by atoms with van der Waals surface area (Å²) in [5.74, 6) is -3.29. The second-order valence-electron chi connectivity index (χ2n) is 12.1. The van der Waals surface area contributed by atoms with Crippen LogP contribution in [-0.2, 0) is 51.2 Å². The maximum Gasteiger partial charge on any atom is 2.00 e. The molecule has 20 nitrogen and oxygen atoms in total. The van der Waals surface area contributed by atoms with Gasteiger partial charge < -0.3 is 99.7 Å². The summed E-state index contributed by atoms with van der Waals surface area (Å²) in [4.78, 5) is 45.7. The molecule has 23 heteroatoms. The third-order valence-corrected chi connectivity index (χ3v) is 7.31. The number of carbonyl (C=O) groups is 4. The molecule has 0 aromatic heterocycles. The van der Waals surface area contributed by atoms with Crippen molar-refractivity contribution in [2.24, 2.45) is 0 Å². The molecule has 4 aromatic carbocycles. The number of ether oxygens (including phenoxy) is 2. The first-order valence-corrected chi connectivity index (χ1v) is 19.5. The molecule has 0 aliphatic rings. The Kier molecular flexibility index (Phi) is 49.8. The number of aliphatic hydroxyl groups is 6. The van der Waals surface area contributed by atoms with E-state index in [4.69, 9.17) is 40.1 Å². The van der Waals surface area contributed by atoms with Crippen molar-refractivity contribution in [3.05, 3.63) is 119 Å². The minimum absolute atomic E-state index is 0. The number of rotatable bonds is 20. The first-order valence-electron chi connectivity index (χ1n) is 19.5. The Bertz CT molecular complexity index is 1540. The van der Waals surface area contributed by atoms with Gasteiger partial charge >= 0.3 is 51.2 Å². The molecular weight excluding hydrogens is 1040 g/mol. The number of aliphatic hydroxyl groups excluding tert-OH is 6. The van der Waals surface area contributed by atoms with Gasteiger partial charge in [0, 0.05) is 39.4 Å². The molecular formula is C44H56Cu3N2O18. The predicted molar refractivity (Wildman–Crippen MR) is 220 cm³/mol. The second-order valence-corrected chi connectivity index (χ2v) is 12.1. The van der Waals surface area contributed by atoms with E-state index >= 15 is 0 Å². The molecule has 0 aliphatic carbocycles. The van der Waals surface area contributed by atoms with E-state index in [-0.39, 0.29) is 126 Å². The van der Waals surface area contributed by atoms with Crippen LogP contribution in [-0.4, -0.2) is 156 Å². The maximum absolute atomic E-state index is 10.6. The molecule has 0 fully saturated rings. The summed E-state index contributed by atoms with van der Waals surface area (Å²) in [7, 11) is 0. The third-order valence-electron chi connectivity index (χ3n) is 7.31. The Morgan fingerprint density at radius 1 is 0.388 bits per heavy atom. The first kappa shape index (κ1) is 71.5. The van der Waals surface area contributed by atoms with Crippen molar-refractivity contribution in [3.63, 3.8) is 0 Å². The average molecular weight is 1090 g/mol. The van der Waals surface area contributed by atoms with Crippen LogP contribution in [0.25, 0.3) is 0 Å². The Balaban J connectivity index is -0.000000250. The van der Waals surface area contributed by atoms with Crippen molar-refractivity contribution in [1.29, 1.82) is 0 Å². The van der Waals surface area contributed by atoms with Crippen molar-refractivity contribution in [3.8, 4) is 23.0 Å². The van der Waals surface area contributed by atoms with Crippen LogP contribution >= 0.6 is 0 Å². The Morgan fingerprint density at radius 2 is 0.552 bits per heavy atom. The van der Waals surface area contributed by atoms with E-state index in [1.807, 2.05) is 0 Å². The molecule has 0 aliphatic heterocycles. The van der Waals surface area contributed by atoms with Crippen LogP contribution in [0, 0.1) is 0 Å². The molecule has 0 atom stereocenters. The van der Waals surface area contributed by atoms with Crippen molar-refractivity contribution in [1.82, 2.24) is 9.80 Å². The number of hydrogen-bond donors (Lipinski definition) is 6. The van der Waals surface area contributed by atoms with E-state index in [9.17, 15) is 49.8 Å². The molecule has 6 N–H and O–H groups in total. The average Bonchev–Trinajstić information content (AvgIpc) is 3.26. The van der Waals surface area contributed by atoms with Gasteiger partial charge in [0.15, 0.2) is 0 Å². The minimum atomic E-state index is -1.26. The smallest absolute Gasteiger partial charge is 0.854 e. The van der Waals surface area contributed by atoms with Crippen LogP contribution in [0.5, 0.6) is 23.0 Å². The number of carboxylic acids is 4. The van der Waals surface area contributed by atoms with Gasteiger partial charge in [-0.1, -0.05) is 0 Å². The molecule has 0 heterocycles. The maximum atomic E-state index is 10.6. The second kappa shape index (κ2) is 46.6. The molecule has 0 amide bonds. The largest absolute Gasteiger partial charge is 2.00 e. The van der Waals surface area contributed by atoms with Crippen molar-refractivity contribution < 1.29 is 141 Å². The molecule has 0 bridgehead atoms. The zero-order chi connectivity index (χ0) is 48.7. The predicted octanol–water partition coefficient (Wildman–Crippen LogP) is -4.33. The van der Waals surface area contributed by atoms with E-state index in [1.54, 1.807) is 23.6 Å². The monoisotopic (exact) mass is 1090 g/mol. The summed E-state index contributed by atoms with van der Waals surface area (Å²) in [6, 6.07) is 22.8. The van der Waals surface area contributed by atoms with Gasteiger partial charge in [-0.15, -0.1) is 13.2 Å². The minimum Gasteiger partial charge on any atom is -0.854 e. The van der Waals surface area contributed by atoms with Gasteiger partial charge in [0.05, 0.1) is 50.3 Å². The fourth-order valence-corrected chi connectivity index (χ4v) is 4.40. The molecule has 67 heavy (non-hydrogen) atoms. The Hall–Kier alpha value is -4.48. The molecule has 0 spiro atoms. The Morgan fingerprint density at radius 3 is 0.672 bits per heavy atom. The topological polar surface area (TPSA) is 353 Å². The van der Waals surface area contributed by atoms with Crippen LogP contribution in [0.2, 0.25) is 0 Å². The zero-order valence-corrected chi connectivity index (χ0v) is 39.3. The Labute approximate surface area is 421 Å². The van der Waals surface area contributed by atoms with Gasteiger partial charge in [-0.3, -0.25) is 0 Å². The van der Waals surface area contributed by atoms with Gasteiger partial charge in [-0.2, -0.15) is 0 Å². The number of hydrogen-bond acceptors (Lipinski definition) is 20. The first-order chi connectivity index (χ1) is 30.6. The number of carbonyl (C=O) groups excluding carboxylic acids is 4. The van der Waals surface area contributed by atoms with E-state index in [0.29, 0.717) is 62.3 Å². The summed E-state index contributed by atoms with van der Waals surface area (Å²) in [5.41, 5.74) is 0.221. The van der Waals surface area contributed by atoms with Gasteiger partial charge in [-0.25, -0.2) is 0 Å². The zero-order valence-electron chi connectivity index (χ0n) is 36.5. The molecule has 4 rings (SSSR count). The SMILES string of the molecule is CCO.CCO.O=C([O-])c1ccc(Oc2ccc(C(=O)[O-])cc2)cc1.O=C([O-])c1ccc(Oc2ccc(C(=O)[O-])cc2)cc1.[Cu+2].[Cu+2].[Cu+2].[O-]CCN(CCO)CCO.[O-]CCN(CCO)CCO. The van der Waals surface area contributed by atoms with Gasteiger partial charge in [0.2, 0.25) is 0 Å². The molecule has 0 saturated carbocycles. The van der Waals surface area contributed by atoms with Gasteiger partial charge in [0.25, 0.3) is 0 Å². The summed E-state index contributed by atoms with van der Waals surface area (Å²) in [5, 5.41) is 111. The summed E-state index contributed by atoms with van der Waals surface area (Å²) in [6.45, 7) is 6.37. The number of benzene rings is 4. The number of nitrogens with zero attached hydrogens (tertiary/aromatic N) is 2. The standard InChI is InChI=1S/2C14H10O5.2C6H14NO3.2C2H6O.3Cu/c2*15-13(16)9-1-5-11(6-2-9)19-12-7-3-10(4-8-12)14(17)18;2*8-4-1-7(2-5-9)3-6-10;2*1-2-3;;;/h2*1-8H,(H,15,16)(H,17,18);2*8-9H,1-6H2;2*3H,2H2,1H3;;;/q;;2*-1;;;3*+2/p-4. The fraction of sp³-hybridized carbons (Fsp3) is 0.364. The summed E-state index contributed by atoms with van der Waals surface area (Å²) in [6.07, 6.45) is 0. The quantitative estimate of drug-likeness (QED) is 0.0456. The van der Waals surface area contributed by atoms with Crippen molar-refractivity contribution in [2.75, 3.05) is 92.1 Å². The molecule has 0 unspecified atom stereocenters. The van der Waals surface area contributed by atoms with Crippen LogP contribution < -0.4 is 40.1 Å². The van der Waals surface area contributed by atoms with E-state index in [2.05, 4.69) is 0 Å². The number of carboxylic acid groups (broad SMARTS) is 4. The van der Waals surface area contributed by atoms with Gasteiger partial charge in [0.1, 0.15) is 23.0 Å². The molecule has 0 saturated heterocycles. The normalized spacial score (nSPS) is 9.37. The molecule has 4 aromatic rings. The van der Waals surface area contributed by atoms with Crippen molar-refractivity contribution >= 4 is 23.9 Å². The summed E-state index contributed by atoms with van der Waals surface area (Å²) < 4.78 is 10.8. The third kappa shape index (κ3) is 36.3. The van der Waals surface area contributed by atoms with E-state index in [0.717, 1.165) is 0 Å². The van der Waals surface area contributed by atoms with Crippen LogP contribution in [0.4, 0.5) is 0 Å². The van der Waals surface area contributed by atoms with Crippen LogP contribution in [0.3, 0.4) is 0 Å². The van der Waals surface area contributed by atoms with Gasteiger partial charge in [-0.05, 0) is 146 Å².